The number of hydrogen-bond acceptors (Lipinski definition) is 5. The third-order valence-electron chi connectivity index (χ3n) is 3.68. The second-order valence-electron chi connectivity index (χ2n) is 5.47. The summed E-state index contributed by atoms with van der Waals surface area (Å²) in [6, 6.07) is 5.76. The number of hydrogen-bond donors (Lipinski definition) is 1. The van der Waals surface area contributed by atoms with Gasteiger partial charge >= 0.3 is 0 Å². The number of nitrogens with zero attached hydrogens (tertiary/aromatic N) is 4. The Morgan fingerprint density at radius 1 is 1.35 bits per heavy atom. The van der Waals surface area contributed by atoms with Crippen LogP contribution in [-0.2, 0) is 6.54 Å². The first-order chi connectivity index (χ1) is 11.4. The van der Waals surface area contributed by atoms with Gasteiger partial charge in [0.05, 0.1) is 12.9 Å². The van der Waals surface area contributed by atoms with E-state index in [-0.39, 0.29) is 0 Å². The van der Waals surface area contributed by atoms with Crippen LogP contribution in [0.1, 0.15) is 11.3 Å². The molecule has 0 radical (unpaired) electrons. The molecule has 1 aliphatic rings. The van der Waals surface area contributed by atoms with Gasteiger partial charge in [-0.3, -0.25) is 4.98 Å². The minimum atomic E-state index is 0.467. The quantitative estimate of drug-likeness (QED) is 0.744. The standard InChI is InChI=1S/C17H15N5O/c1(2-14-8-19-9-14)13-3-4-16(20-10-13)17-7-15(21-23-17)11-22-6-5-18-12-22/h3-7,10,12,14,19H,8-9,11H2. The topological polar surface area (TPSA) is 68.8 Å². The largest absolute Gasteiger partial charge is 0.354 e. The van der Waals surface area contributed by atoms with Crippen LogP contribution in [0.2, 0.25) is 0 Å². The first-order valence-corrected chi connectivity index (χ1v) is 7.47. The summed E-state index contributed by atoms with van der Waals surface area (Å²) in [4.78, 5) is 8.42. The van der Waals surface area contributed by atoms with Gasteiger partial charge in [-0.15, -0.1) is 0 Å². The highest BCUT2D eigenvalue weighted by molar-refractivity contribution is 5.53. The maximum atomic E-state index is 5.37. The van der Waals surface area contributed by atoms with Crippen molar-refractivity contribution < 1.29 is 4.52 Å². The van der Waals surface area contributed by atoms with Gasteiger partial charge in [-0.2, -0.15) is 0 Å². The van der Waals surface area contributed by atoms with Crippen LogP contribution < -0.4 is 5.32 Å². The van der Waals surface area contributed by atoms with E-state index in [9.17, 15) is 0 Å². The van der Waals surface area contributed by atoms with E-state index in [2.05, 4.69) is 32.3 Å². The summed E-state index contributed by atoms with van der Waals surface area (Å²) in [5, 5.41) is 7.27. The molecule has 4 heterocycles. The summed E-state index contributed by atoms with van der Waals surface area (Å²) >= 11 is 0. The third-order valence-corrected chi connectivity index (χ3v) is 3.68. The summed E-state index contributed by atoms with van der Waals surface area (Å²) in [6.45, 7) is 2.59. The van der Waals surface area contributed by atoms with E-state index in [1.165, 1.54) is 0 Å². The molecule has 0 unspecified atom stereocenters. The maximum absolute atomic E-state index is 5.37. The van der Waals surface area contributed by atoms with Crippen molar-refractivity contribution in [1.29, 1.82) is 0 Å². The van der Waals surface area contributed by atoms with Gasteiger partial charge in [-0.25, -0.2) is 4.98 Å². The second-order valence-corrected chi connectivity index (χ2v) is 5.47. The molecule has 3 aromatic heterocycles. The molecule has 0 atom stereocenters. The zero-order valence-corrected chi connectivity index (χ0v) is 12.4. The molecule has 6 heteroatoms. The molecule has 0 aliphatic carbocycles. The fraction of sp³-hybridized carbons (Fsp3) is 0.235. The lowest BCUT2D eigenvalue weighted by atomic mass is 10.0. The summed E-state index contributed by atoms with van der Waals surface area (Å²) in [7, 11) is 0. The number of aromatic nitrogens is 4. The van der Waals surface area contributed by atoms with Crippen LogP contribution in [0.5, 0.6) is 0 Å². The van der Waals surface area contributed by atoms with Crippen molar-refractivity contribution in [2.24, 2.45) is 5.92 Å². The van der Waals surface area contributed by atoms with Crippen LogP contribution in [-0.4, -0.2) is 32.8 Å². The number of pyridine rings is 1. The summed E-state index contributed by atoms with van der Waals surface area (Å²) in [5.74, 6) is 7.50. The van der Waals surface area contributed by atoms with Crippen molar-refractivity contribution >= 4 is 0 Å². The Morgan fingerprint density at radius 3 is 3.00 bits per heavy atom. The molecular weight excluding hydrogens is 290 g/mol. The summed E-state index contributed by atoms with van der Waals surface area (Å²) < 4.78 is 7.31. The van der Waals surface area contributed by atoms with Crippen molar-refractivity contribution in [3.8, 4) is 23.3 Å². The van der Waals surface area contributed by atoms with Crippen LogP contribution >= 0.6 is 0 Å². The second kappa shape index (κ2) is 6.07. The fourth-order valence-corrected chi connectivity index (χ4v) is 2.26. The molecule has 1 saturated heterocycles. The Bertz CT molecular complexity index is 835. The van der Waals surface area contributed by atoms with E-state index < -0.39 is 0 Å². The van der Waals surface area contributed by atoms with E-state index in [0.29, 0.717) is 18.2 Å². The Morgan fingerprint density at radius 2 is 2.30 bits per heavy atom. The van der Waals surface area contributed by atoms with E-state index in [1.807, 2.05) is 29.0 Å². The van der Waals surface area contributed by atoms with Crippen LogP contribution in [0.3, 0.4) is 0 Å². The van der Waals surface area contributed by atoms with Crippen molar-refractivity contribution in [3.05, 3.63) is 54.4 Å². The van der Waals surface area contributed by atoms with Crippen LogP contribution in [0.15, 0.2) is 47.6 Å². The fourth-order valence-electron chi connectivity index (χ4n) is 2.26. The molecule has 6 nitrogen and oxygen atoms in total. The lowest BCUT2D eigenvalue weighted by molar-refractivity contribution is 0.420. The Kier molecular flexibility index (Phi) is 3.62. The average molecular weight is 305 g/mol. The van der Waals surface area contributed by atoms with Gasteiger partial charge in [0.1, 0.15) is 11.4 Å². The van der Waals surface area contributed by atoms with Gasteiger partial charge in [-0.1, -0.05) is 17.0 Å². The van der Waals surface area contributed by atoms with E-state index in [4.69, 9.17) is 4.52 Å². The highest BCUT2D eigenvalue weighted by Gasteiger charge is 2.12. The molecule has 0 amide bonds. The van der Waals surface area contributed by atoms with Gasteiger partial charge in [0.15, 0.2) is 5.76 Å². The van der Waals surface area contributed by atoms with Gasteiger partial charge in [0.2, 0.25) is 0 Å². The van der Waals surface area contributed by atoms with Gasteiger partial charge in [-0.05, 0) is 12.1 Å². The van der Waals surface area contributed by atoms with E-state index in [1.54, 1.807) is 18.7 Å². The Hall–Kier alpha value is -2.91. The molecule has 1 N–H and O–H groups in total. The average Bonchev–Trinajstić information content (AvgIpc) is 3.19. The SMILES string of the molecule is C(#CC1CNC1)c1ccc(-c2cc(Cn3ccnc3)no2)nc1. The molecule has 114 valence electrons. The highest BCUT2D eigenvalue weighted by atomic mass is 16.5. The molecule has 1 fully saturated rings. The van der Waals surface area contributed by atoms with E-state index in [0.717, 1.165) is 30.0 Å². The maximum Gasteiger partial charge on any atom is 0.185 e. The summed E-state index contributed by atoms with van der Waals surface area (Å²) in [6.07, 6.45) is 7.14. The van der Waals surface area contributed by atoms with Gasteiger partial charge < -0.3 is 14.4 Å². The van der Waals surface area contributed by atoms with Crippen LogP contribution in [0.4, 0.5) is 0 Å². The lowest BCUT2D eigenvalue weighted by Gasteiger charge is -2.21. The highest BCUT2D eigenvalue weighted by Crippen LogP contribution is 2.18. The molecule has 0 aromatic carbocycles. The van der Waals surface area contributed by atoms with Crippen LogP contribution in [0, 0.1) is 17.8 Å². The summed E-state index contributed by atoms with van der Waals surface area (Å²) in [5.41, 5.74) is 2.50. The monoisotopic (exact) mass is 305 g/mol. The molecule has 1 aliphatic heterocycles. The molecular formula is C17H15N5O. The zero-order valence-electron chi connectivity index (χ0n) is 12.4. The minimum absolute atomic E-state index is 0.467. The zero-order chi connectivity index (χ0) is 15.5. The molecule has 0 bridgehead atoms. The third kappa shape index (κ3) is 3.15. The number of imidazole rings is 1. The smallest absolute Gasteiger partial charge is 0.185 e. The number of nitrogens with one attached hydrogen (secondary N) is 1. The molecule has 0 saturated carbocycles. The minimum Gasteiger partial charge on any atom is -0.354 e. The normalized spacial score (nSPS) is 14.1. The van der Waals surface area contributed by atoms with Crippen LogP contribution in [0.25, 0.3) is 11.5 Å². The first kappa shape index (κ1) is 13.7. The molecule has 23 heavy (non-hydrogen) atoms. The Labute approximate surface area is 133 Å². The van der Waals surface area contributed by atoms with E-state index >= 15 is 0 Å². The molecule has 4 rings (SSSR count). The Balaban J connectivity index is 1.47. The predicted octanol–water partition coefficient (Wildman–Crippen LogP) is 1.55. The predicted molar refractivity (Wildman–Crippen MR) is 84.3 cm³/mol. The molecule has 3 aromatic rings. The first-order valence-electron chi connectivity index (χ1n) is 7.47. The van der Waals surface area contributed by atoms with Gasteiger partial charge in [0, 0.05) is 49.2 Å². The van der Waals surface area contributed by atoms with Crippen molar-refractivity contribution in [2.45, 2.75) is 6.54 Å². The van der Waals surface area contributed by atoms with Crippen molar-refractivity contribution in [1.82, 2.24) is 25.0 Å². The van der Waals surface area contributed by atoms with Gasteiger partial charge in [0.25, 0.3) is 0 Å². The van der Waals surface area contributed by atoms with Crippen molar-refractivity contribution in [3.63, 3.8) is 0 Å². The molecule has 0 spiro atoms. The lowest BCUT2D eigenvalue weighted by Crippen LogP contribution is -2.40. The number of rotatable bonds is 3. The van der Waals surface area contributed by atoms with Crippen molar-refractivity contribution in [2.75, 3.05) is 13.1 Å².